The summed E-state index contributed by atoms with van der Waals surface area (Å²) in [6.07, 6.45) is 3.61. The van der Waals surface area contributed by atoms with Crippen LogP contribution in [0.5, 0.6) is 0 Å². The lowest BCUT2D eigenvalue weighted by Gasteiger charge is -2.13. The van der Waals surface area contributed by atoms with E-state index in [2.05, 4.69) is 5.32 Å². The van der Waals surface area contributed by atoms with E-state index in [1.54, 1.807) is 17.8 Å². The van der Waals surface area contributed by atoms with Gasteiger partial charge in [0.25, 0.3) is 5.91 Å². The minimum absolute atomic E-state index is 0.102. The van der Waals surface area contributed by atoms with Gasteiger partial charge in [0.15, 0.2) is 0 Å². The lowest BCUT2D eigenvalue weighted by atomic mass is 10.1. The molecule has 0 aliphatic heterocycles. The van der Waals surface area contributed by atoms with Crippen molar-refractivity contribution >= 4 is 23.7 Å². The smallest absolute Gasteiger partial charge is 0.262 e. The molecule has 2 aromatic rings. The zero-order valence-electron chi connectivity index (χ0n) is 13.1. The normalized spacial score (nSPS) is 12.3. The van der Waals surface area contributed by atoms with E-state index < -0.39 is 0 Å². The topological polar surface area (TPSA) is 52.9 Å². The van der Waals surface area contributed by atoms with Crippen molar-refractivity contribution in [2.75, 3.05) is 6.26 Å². The molecule has 2 aromatic carbocycles. The Labute approximate surface area is 141 Å². The Kier molecular flexibility index (Phi) is 6.02. The molecule has 1 amide bonds. The van der Waals surface area contributed by atoms with Gasteiger partial charge in [-0.3, -0.25) is 4.79 Å². The third-order valence-corrected chi connectivity index (χ3v) is 4.18. The van der Waals surface area contributed by atoms with Crippen molar-refractivity contribution in [3.8, 4) is 6.07 Å². The highest BCUT2D eigenvalue weighted by Gasteiger charge is 2.13. The number of nitrogens with one attached hydrogen (secondary N) is 1. The summed E-state index contributed by atoms with van der Waals surface area (Å²) in [6, 6.07) is 19.2. The number of nitriles is 1. The average molecular weight is 322 g/mol. The minimum atomic E-state index is -0.363. The molecule has 116 valence electrons. The minimum Gasteiger partial charge on any atom is -0.345 e. The Hall–Kier alpha value is -2.51. The van der Waals surface area contributed by atoms with Crippen LogP contribution in [0.2, 0.25) is 0 Å². The van der Waals surface area contributed by atoms with Crippen LogP contribution >= 0.6 is 11.8 Å². The van der Waals surface area contributed by atoms with Crippen LogP contribution in [0, 0.1) is 11.3 Å². The summed E-state index contributed by atoms with van der Waals surface area (Å²) < 4.78 is 0. The molecular weight excluding hydrogens is 304 g/mol. The van der Waals surface area contributed by atoms with Crippen molar-refractivity contribution in [2.24, 2.45) is 0 Å². The first kappa shape index (κ1) is 16.9. The number of nitrogens with zero attached hydrogens (tertiary/aromatic N) is 1. The second-order valence-electron chi connectivity index (χ2n) is 5.05. The Balaban J connectivity index is 2.11. The van der Waals surface area contributed by atoms with E-state index in [1.807, 2.05) is 73.8 Å². The van der Waals surface area contributed by atoms with Crippen LogP contribution in [0.15, 0.2) is 65.1 Å². The second-order valence-corrected chi connectivity index (χ2v) is 5.93. The largest absolute Gasteiger partial charge is 0.345 e. The maximum atomic E-state index is 12.3. The number of rotatable bonds is 5. The van der Waals surface area contributed by atoms with Gasteiger partial charge in [0.1, 0.15) is 11.6 Å². The van der Waals surface area contributed by atoms with Gasteiger partial charge in [0.2, 0.25) is 0 Å². The number of amides is 1. The summed E-state index contributed by atoms with van der Waals surface area (Å²) in [4.78, 5) is 13.4. The maximum Gasteiger partial charge on any atom is 0.262 e. The first-order valence-corrected chi connectivity index (χ1v) is 8.48. The van der Waals surface area contributed by atoms with E-state index in [0.717, 1.165) is 16.0 Å². The molecule has 0 fully saturated rings. The third-order valence-electron chi connectivity index (χ3n) is 3.44. The van der Waals surface area contributed by atoms with E-state index in [4.69, 9.17) is 0 Å². The van der Waals surface area contributed by atoms with Crippen LogP contribution in [-0.2, 0) is 4.79 Å². The molecule has 0 aromatic heterocycles. The number of thioether (sulfide) groups is 1. The van der Waals surface area contributed by atoms with Crippen LogP contribution in [0.4, 0.5) is 0 Å². The van der Waals surface area contributed by atoms with Crippen molar-refractivity contribution in [1.29, 1.82) is 5.26 Å². The Morgan fingerprint density at radius 1 is 1.17 bits per heavy atom. The van der Waals surface area contributed by atoms with E-state index in [9.17, 15) is 10.1 Å². The fourth-order valence-corrected chi connectivity index (χ4v) is 2.52. The highest BCUT2D eigenvalue weighted by molar-refractivity contribution is 7.98. The van der Waals surface area contributed by atoms with Gasteiger partial charge < -0.3 is 5.32 Å². The van der Waals surface area contributed by atoms with Crippen molar-refractivity contribution in [3.63, 3.8) is 0 Å². The molecule has 0 aliphatic rings. The monoisotopic (exact) mass is 322 g/mol. The van der Waals surface area contributed by atoms with E-state index in [0.29, 0.717) is 0 Å². The number of hydrogen-bond donors (Lipinski definition) is 1. The highest BCUT2D eigenvalue weighted by Crippen LogP contribution is 2.17. The average Bonchev–Trinajstić information content (AvgIpc) is 2.60. The van der Waals surface area contributed by atoms with Gasteiger partial charge in [0, 0.05) is 4.90 Å². The van der Waals surface area contributed by atoms with E-state index >= 15 is 0 Å². The number of carbonyl (C=O) groups is 1. The molecule has 3 nitrogen and oxygen atoms in total. The molecule has 2 rings (SSSR count). The van der Waals surface area contributed by atoms with Crippen LogP contribution < -0.4 is 5.32 Å². The molecule has 0 radical (unpaired) electrons. The van der Waals surface area contributed by atoms with Crippen molar-refractivity contribution in [1.82, 2.24) is 5.32 Å². The zero-order valence-corrected chi connectivity index (χ0v) is 13.9. The van der Waals surface area contributed by atoms with Gasteiger partial charge in [-0.05, 0) is 42.5 Å². The summed E-state index contributed by atoms with van der Waals surface area (Å²) in [7, 11) is 0. The van der Waals surface area contributed by atoms with Crippen molar-refractivity contribution in [3.05, 3.63) is 71.3 Å². The van der Waals surface area contributed by atoms with Crippen LogP contribution in [-0.4, -0.2) is 12.2 Å². The second kappa shape index (κ2) is 8.21. The molecule has 0 bridgehead atoms. The quantitative estimate of drug-likeness (QED) is 0.510. The molecule has 0 spiro atoms. The third kappa shape index (κ3) is 4.73. The van der Waals surface area contributed by atoms with Crippen LogP contribution in [0.25, 0.3) is 6.08 Å². The van der Waals surface area contributed by atoms with Crippen molar-refractivity contribution in [2.45, 2.75) is 17.9 Å². The summed E-state index contributed by atoms with van der Waals surface area (Å²) in [6.45, 7) is 1.90. The maximum absolute atomic E-state index is 12.3. The predicted molar refractivity (Wildman–Crippen MR) is 94.8 cm³/mol. The van der Waals surface area contributed by atoms with Crippen LogP contribution in [0.1, 0.15) is 24.1 Å². The van der Waals surface area contributed by atoms with Gasteiger partial charge in [-0.25, -0.2) is 0 Å². The summed E-state index contributed by atoms with van der Waals surface area (Å²) in [5.41, 5.74) is 1.94. The fourth-order valence-electron chi connectivity index (χ4n) is 2.11. The van der Waals surface area contributed by atoms with E-state index in [1.165, 1.54) is 0 Å². The Morgan fingerprint density at radius 2 is 1.83 bits per heavy atom. The molecule has 23 heavy (non-hydrogen) atoms. The summed E-state index contributed by atoms with van der Waals surface area (Å²) >= 11 is 1.65. The number of hydrogen-bond acceptors (Lipinski definition) is 3. The molecule has 4 heteroatoms. The van der Waals surface area contributed by atoms with Crippen LogP contribution in [0.3, 0.4) is 0 Å². The fraction of sp³-hybridized carbons (Fsp3) is 0.158. The first-order chi connectivity index (χ1) is 11.1. The summed E-state index contributed by atoms with van der Waals surface area (Å²) in [5, 5.41) is 12.1. The molecule has 0 heterocycles. The highest BCUT2D eigenvalue weighted by atomic mass is 32.2. The Bertz CT molecular complexity index is 730. The molecule has 1 atom stereocenters. The lowest BCUT2D eigenvalue weighted by Crippen LogP contribution is -2.27. The number of benzene rings is 2. The van der Waals surface area contributed by atoms with Gasteiger partial charge >= 0.3 is 0 Å². The van der Waals surface area contributed by atoms with Crippen molar-refractivity contribution < 1.29 is 4.79 Å². The SMILES string of the molecule is CSc1ccc(/C=C(\C#N)C(=O)NC(C)c2ccccc2)cc1. The molecule has 0 aliphatic carbocycles. The van der Waals surface area contributed by atoms with Gasteiger partial charge in [0.05, 0.1) is 6.04 Å². The van der Waals surface area contributed by atoms with E-state index in [-0.39, 0.29) is 17.5 Å². The standard InChI is InChI=1S/C19H18N2OS/c1-14(16-6-4-3-5-7-16)21-19(22)17(13-20)12-15-8-10-18(23-2)11-9-15/h3-12,14H,1-2H3,(H,21,22)/b17-12+. The predicted octanol–water partition coefficient (Wildman–Crippen LogP) is 4.19. The first-order valence-electron chi connectivity index (χ1n) is 7.25. The molecule has 1 unspecified atom stereocenters. The zero-order chi connectivity index (χ0) is 16.7. The Morgan fingerprint density at radius 3 is 2.39 bits per heavy atom. The molecular formula is C19H18N2OS. The van der Waals surface area contributed by atoms with Gasteiger partial charge in [-0.1, -0.05) is 42.5 Å². The molecule has 1 N–H and O–H groups in total. The van der Waals surface area contributed by atoms with Gasteiger partial charge in [-0.15, -0.1) is 11.8 Å². The number of carbonyl (C=O) groups excluding carboxylic acids is 1. The molecule has 0 saturated heterocycles. The molecule has 0 saturated carbocycles. The van der Waals surface area contributed by atoms with Gasteiger partial charge in [-0.2, -0.15) is 5.26 Å². The lowest BCUT2D eigenvalue weighted by molar-refractivity contribution is -0.117. The summed E-state index contributed by atoms with van der Waals surface area (Å²) in [5.74, 6) is -0.363.